The lowest BCUT2D eigenvalue weighted by molar-refractivity contribution is 0.0818. The van der Waals surface area contributed by atoms with Gasteiger partial charge in [0, 0.05) is 76.7 Å². The maximum Gasteiger partial charge on any atom is 0.274 e. The summed E-state index contributed by atoms with van der Waals surface area (Å²) in [5.41, 5.74) is 6.76. The zero-order valence-corrected chi connectivity index (χ0v) is 21.7. The number of fused-ring (bicyclic) bond motifs is 1. The van der Waals surface area contributed by atoms with Gasteiger partial charge in [-0.3, -0.25) is 14.4 Å². The van der Waals surface area contributed by atoms with Gasteiger partial charge in [0.15, 0.2) is 5.69 Å². The van der Waals surface area contributed by atoms with Crippen molar-refractivity contribution >= 4 is 11.6 Å². The lowest BCUT2D eigenvalue weighted by Gasteiger charge is -2.28. The topological polar surface area (TPSA) is 53.8 Å². The first-order chi connectivity index (χ1) is 17.5. The van der Waals surface area contributed by atoms with Crippen LogP contribution in [0.5, 0.6) is 5.75 Å². The second-order valence-corrected chi connectivity index (χ2v) is 10.1. The Morgan fingerprint density at radius 2 is 1.67 bits per heavy atom. The highest BCUT2D eigenvalue weighted by Gasteiger charge is 2.29. The van der Waals surface area contributed by atoms with Crippen LogP contribution >= 0.6 is 0 Å². The third-order valence-electron chi connectivity index (χ3n) is 7.41. The average molecular weight is 488 g/mol. The number of carbonyl (C=O) groups excluding carboxylic acids is 1. The van der Waals surface area contributed by atoms with E-state index in [0.29, 0.717) is 5.69 Å². The number of amides is 1. The Morgan fingerprint density at radius 1 is 0.972 bits per heavy atom. The molecule has 1 saturated heterocycles. The van der Waals surface area contributed by atoms with Crippen molar-refractivity contribution in [1.82, 2.24) is 19.6 Å². The Labute approximate surface area is 214 Å². The maximum absolute atomic E-state index is 13.0. The van der Waals surface area contributed by atoms with Crippen LogP contribution in [0.15, 0.2) is 48.5 Å². The van der Waals surface area contributed by atoms with E-state index in [9.17, 15) is 4.79 Å². The van der Waals surface area contributed by atoms with Crippen LogP contribution in [-0.4, -0.2) is 66.3 Å². The molecule has 7 heteroatoms. The standard InChI is InChI=1S/C29H37N5O2/c1-31(2)29(35)28-26-21-32(20-23-6-10-24(11-7-23)33-16-4-5-17-33)18-15-27(26)34(30-28)19-14-22-8-12-25(36-3)13-9-22/h6-13H,4-5,14-21H2,1-3H3. The van der Waals surface area contributed by atoms with Gasteiger partial charge in [0.2, 0.25) is 0 Å². The molecule has 0 atom stereocenters. The van der Waals surface area contributed by atoms with E-state index in [2.05, 4.69) is 50.9 Å². The molecule has 3 heterocycles. The molecule has 190 valence electrons. The summed E-state index contributed by atoms with van der Waals surface area (Å²) in [4.78, 5) is 19.6. The third-order valence-corrected chi connectivity index (χ3v) is 7.41. The van der Waals surface area contributed by atoms with Crippen molar-refractivity contribution < 1.29 is 9.53 Å². The number of anilines is 1. The van der Waals surface area contributed by atoms with Crippen molar-refractivity contribution in [3.05, 3.63) is 76.6 Å². The highest BCUT2D eigenvalue weighted by Crippen LogP contribution is 2.26. The number of rotatable bonds is 8. The number of carbonyl (C=O) groups is 1. The van der Waals surface area contributed by atoms with Crippen LogP contribution in [0.3, 0.4) is 0 Å². The first kappa shape index (κ1) is 24.4. The summed E-state index contributed by atoms with van der Waals surface area (Å²) in [6.07, 6.45) is 4.34. The fraction of sp³-hybridized carbons (Fsp3) is 0.448. The van der Waals surface area contributed by atoms with E-state index in [1.807, 2.05) is 12.1 Å². The molecule has 1 fully saturated rings. The summed E-state index contributed by atoms with van der Waals surface area (Å²) >= 11 is 0. The summed E-state index contributed by atoms with van der Waals surface area (Å²) in [6, 6.07) is 17.2. The maximum atomic E-state index is 13.0. The minimum absolute atomic E-state index is 0.0220. The Hall–Kier alpha value is -3.32. The molecule has 1 amide bonds. The molecule has 36 heavy (non-hydrogen) atoms. The lowest BCUT2D eigenvalue weighted by atomic mass is 10.0. The van der Waals surface area contributed by atoms with Crippen molar-refractivity contribution in [2.24, 2.45) is 0 Å². The van der Waals surface area contributed by atoms with E-state index in [1.54, 1.807) is 26.1 Å². The van der Waals surface area contributed by atoms with E-state index in [1.165, 1.54) is 48.4 Å². The smallest absolute Gasteiger partial charge is 0.274 e. The van der Waals surface area contributed by atoms with Gasteiger partial charge in [-0.2, -0.15) is 5.10 Å². The predicted molar refractivity (Wildman–Crippen MR) is 143 cm³/mol. The van der Waals surface area contributed by atoms with E-state index in [-0.39, 0.29) is 5.91 Å². The number of aryl methyl sites for hydroxylation is 2. The Balaban J connectivity index is 1.30. The molecule has 2 aromatic carbocycles. The van der Waals surface area contributed by atoms with Gasteiger partial charge in [0.25, 0.3) is 5.91 Å². The zero-order chi connectivity index (χ0) is 25.1. The minimum atomic E-state index is -0.0220. The van der Waals surface area contributed by atoms with E-state index < -0.39 is 0 Å². The summed E-state index contributed by atoms with van der Waals surface area (Å²) in [7, 11) is 5.28. The van der Waals surface area contributed by atoms with Crippen molar-refractivity contribution in [2.75, 3.05) is 45.7 Å². The summed E-state index contributed by atoms with van der Waals surface area (Å²) in [5.74, 6) is 0.839. The first-order valence-corrected chi connectivity index (χ1v) is 13.0. The normalized spacial score (nSPS) is 15.7. The molecule has 0 N–H and O–H groups in total. The number of benzene rings is 2. The Kier molecular flexibility index (Phi) is 7.28. The molecule has 0 bridgehead atoms. The number of nitrogens with zero attached hydrogens (tertiary/aromatic N) is 5. The van der Waals surface area contributed by atoms with Gasteiger partial charge in [-0.15, -0.1) is 0 Å². The zero-order valence-electron chi connectivity index (χ0n) is 21.7. The van der Waals surface area contributed by atoms with Crippen LogP contribution in [-0.2, 0) is 32.5 Å². The largest absolute Gasteiger partial charge is 0.497 e. The predicted octanol–water partition coefficient (Wildman–Crippen LogP) is 3.99. The van der Waals surface area contributed by atoms with Crippen LogP contribution in [0, 0.1) is 0 Å². The molecule has 7 nitrogen and oxygen atoms in total. The van der Waals surface area contributed by atoms with Crippen molar-refractivity contribution in [3.63, 3.8) is 0 Å². The van der Waals surface area contributed by atoms with Gasteiger partial charge in [-0.25, -0.2) is 0 Å². The van der Waals surface area contributed by atoms with Gasteiger partial charge >= 0.3 is 0 Å². The number of hydrogen-bond donors (Lipinski definition) is 0. The van der Waals surface area contributed by atoms with Crippen molar-refractivity contribution in [1.29, 1.82) is 0 Å². The third kappa shape index (κ3) is 5.26. The number of hydrogen-bond acceptors (Lipinski definition) is 5. The monoisotopic (exact) mass is 487 g/mol. The van der Waals surface area contributed by atoms with Gasteiger partial charge in [-0.1, -0.05) is 24.3 Å². The van der Waals surface area contributed by atoms with Gasteiger partial charge in [0.1, 0.15) is 5.75 Å². The minimum Gasteiger partial charge on any atom is -0.497 e. The van der Waals surface area contributed by atoms with Crippen LogP contribution in [0.4, 0.5) is 5.69 Å². The number of methoxy groups -OCH3 is 1. The molecular weight excluding hydrogens is 450 g/mol. The number of ether oxygens (including phenoxy) is 1. The van der Waals surface area contributed by atoms with Crippen LogP contribution in [0.25, 0.3) is 0 Å². The van der Waals surface area contributed by atoms with Gasteiger partial charge in [-0.05, 0) is 54.7 Å². The van der Waals surface area contributed by atoms with Crippen LogP contribution in [0.1, 0.15) is 45.7 Å². The number of aromatic nitrogens is 2. The highest BCUT2D eigenvalue weighted by atomic mass is 16.5. The summed E-state index contributed by atoms with van der Waals surface area (Å²) in [6.45, 7) is 5.68. The average Bonchev–Trinajstić information content (AvgIpc) is 3.56. The molecular formula is C29H37N5O2. The molecule has 1 aromatic heterocycles. The Morgan fingerprint density at radius 3 is 2.33 bits per heavy atom. The molecule has 0 aliphatic carbocycles. The first-order valence-electron chi connectivity index (χ1n) is 13.0. The Bertz CT molecular complexity index is 1180. The van der Waals surface area contributed by atoms with Crippen molar-refractivity contribution in [3.8, 4) is 5.75 Å². The van der Waals surface area contributed by atoms with Gasteiger partial charge < -0.3 is 14.5 Å². The fourth-order valence-electron chi connectivity index (χ4n) is 5.32. The van der Waals surface area contributed by atoms with Crippen LogP contribution in [0.2, 0.25) is 0 Å². The molecule has 5 rings (SSSR count). The molecule has 0 spiro atoms. The summed E-state index contributed by atoms with van der Waals surface area (Å²) < 4.78 is 7.34. The van der Waals surface area contributed by atoms with E-state index in [4.69, 9.17) is 9.84 Å². The second-order valence-electron chi connectivity index (χ2n) is 10.1. The van der Waals surface area contributed by atoms with Crippen LogP contribution < -0.4 is 9.64 Å². The molecule has 0 radical (unpaired) electrons. The highest BCUT2D eigenvalue weighted by molar-refractivity contribution is 5.93. The molecule has 0 saturated carbocycles. The van der Waals surface area contributed by atoms with E-state index >= 15 is 0 Å². The molecule has 0 unspecified atom stereocenters. The lowest BCUT2D eigenvalue weighted by Crippen LogP contribution is -2.32. The fourth-order valence-corrected chi connectivity index (χ4v) is 5.32. The quantitative estimate of drug-likeness (QED) is 0.481. The van der Waals surface area contributed by atoms with Gasteiger partial charge in [0.05, 0.1) is 7.11 Å². The SMILES string of the molecule is COc1ccc(CCn2nc(C(=O)N(C)C)c3c2CCN(Cc2ccc(N4CCCC4)cc2)C3)cc1. The molecule has 3 aromatic rings. The molecule has 2 aliphatic rings. The van der Waals surface area contributed by atoms with Crippen molar-refractivity contribution in [2.45, 2.75) is 45.3 Å². The van der Waals surface area contributed by atoms with E-state index in [0.717, 1.165) is 50.3 Å². The second kappa shape index (κ2) is 10.7. The molecule has 2 aliphatic heterocycles. The summed E-state index contributed by atoms with van der Waals surface area (Å²) in [5, 5.41) is 4.83.